The minimum atomic E-state index is -0.160. The van der Waals surface area contributed by atoms with Crippen LogP contribution in [-0.4, -0.2) is 53.0 Å². The van der Waals surface area contributed by atoms with Crippen molar-refractivity contribution in [2.75, 3.05) is 36.4 Å². The molecule has 3 aromatic heterocycles. The molecule has 5 rings (SSSR count). The third-order valence-electron chi connectivity index (χ3n) is 6.67. The molecule has 3 aromatic rings. The summed E-state index contributed by atoms with van der Waals surface area (Å²) in [5, 5.41) is 7.40. The molecule has 0 spiro atoms. The second kappa shape index (κ2) is 10.3. The van der Waals surface area contributed by atoms with Gasteiger partial charge in [-0.2, -0.15) is 0 Å². The molecule has 6 nitrogen and oxygen atoms in total. The summed E-state index contributed by atoms with van der Waals surface area (Å²) >= 11 is 9.39. The Kier molecular flexibility index (Phi) is 7.20. The maximum absolute atomic E-state index is 13.0. The van der Waals surface area contributed by atoms with Gasteiger partial charge in [-0.3, -0.25) is 20.0 Å². The van der Waals surface area contributed by atoms with Crippen LogP contribution in [0.4, 0.5) is 10.1 Å². The van der Waals surface area contributed by atoms with E-state index in [0.29, 0.717) is 10.7 Å². The van der Waals surface area contributed by atoms with E-state index >= 15 is 0 Å². The quantitative estimate of drug-likeness (QED) is 0.435. The standard InChI is InChI=1S/C25H30ClN5OS2/c1-16-12-18(13-17(2)27-16)23(32)29-25-28-22(21-14-19(26)15-33-21)24(34-25)31-10-8-30(9-11-31)20-6-4-3-5-7-20/h12-15,20H,3-11H2,1-2H3,(H,28,29,32). The molecule has 2 aliphatic rings. The molecular formula is C25H30ClN5OS2. The van der Waals surface area contributed by atoms with Gasteiger partial charge in [0.15, 0.2) is 5.13 Å². The van der Waals surface area contributed by atoms with E-state index in [4.69, 9.17) is 16.6 Å². The Morgan fingerprint density at radius 1 is 1.03 bits per heavy atom. The van der Waals surface area contributed by atoms with E-state index in [1.54, 1.807) is 34.8 Å². The fourth-order valence-electron chi connectivity index (χ4n) is 5.05. The highest BCUT2D eigenvalue weighted by molar-refractivity contribution is 7.21. The van der Waals surface area contributed by atoms with Crippen LogP contribution in [0.25, 0.3) is 10.6 Å². The van der Waals surface area contributed by atoms with Crippen LogP contribution in [0.2, 0.25) is 5.02 Å². The third-order valence-corrected chi connectivity index (χ3v) is 8.98. The van der Waals surface area contributed by atoms with E-state index in [0.717, 1.165) is 64.2 Å². The minimum Gasteiger partial charge on any atom is -0.359 e. The predicted octanol–water partition coefficient (Wildman–Crippen LogP) is 6.24. The highest BCUT2D eigenvalue weighted by Gasteiger charge is 2.28. The fraction of sp³-hybridized carbons (Fsp3) is 0.480. The zero-order valence-electron chi connectivity index (χ0n) is 19.6. The number of thiazole rings is 1. The number of nitrogens with zero attached hydrogens (tertiary/aromatic N) is 4. The largest absolute Gasteiger partial charge is 0.359 e. The van der Waals surface area contributed by atoms with Crippen molar-refractivity contribution in [2.45, 2.75) is 52.0 Å². The predicted molar refractivity (Wildman–Crippen MR) is 143 cm³/mol. The van der Waals surface area contributed by atoms with Crippen molar-refractivity contribution < 1.29 is 4.79 Å². The molecular weight excluding hydrogens is 486 g/mol. The van der Waals surface area contributed by atoms with Crippen LogP contribution in [0.5, 0.6) is 0 Å². The molecule has 4 heterocycles. The Hall–Kier alpha value is -2.00. The van der Waals surface area contributed by atoms with Crippen molar-refractivity contribution in [3.05, 3.63) is 45.6 Å². The molecule has 1 aliphatic heterocycles. The van der Waals surface area contributed by atoms with Crippen molar-refractivity contribution in [3.8, 4) is 10.6 Å². The number of hydrogen-bond donors (Lipinski definition) is 1. The van der Waals surface area contributed by atoms with E-state index in [2.05, 4.69) is 20.1 Å². The topological polar surface area (TPSA) is 61.4 Å². The van der Waals surface area contributed by atoms with Crippen molar-refractivity contribution in [2.24, 2.45) is 0 Å². The maximum atomic E-state index is 13.0. The van der Waals surface area contributed by atoms with Crippen LogP contribution in [0.15, 0.2) is 23.6 Å². The molecule has 0 atom stereocenters. The van der Waals surface area contributed by atoms with Gasteiger partial charge in [-0.05, 0) is 44.9 Å². The number of aromatic nitrogens is 2. The number of rotatable bonds is 5. The molecule has 0 aromatic carbocycles. The lowest BCUT2D eigenvalue weighted by Crippen LogP contribution is -2.50. The summed E-state index contributed by atoms with van der Waals surface area (Å²) in [5.41, 5.74) is 3.17. The smallest absolute Gasteiger partial charge is 0.257 e. The number of halogens is 1. The number of nitrogens with one attached hydrogen (secondary N) is 1. The summed E-state index contributed by atoms with van der Waals surface area (Å²) in [7, 11) is 0. The van der Waals surface area contributed by atoms with Crippen molar-refractivity contribution in [1.82, 2.24) is 14.9 Å². The molecule has 1 amide bonds. The molecule has 0 radical (unpaired) electrons. The van der Waals surface area contributed by atoms with E-state index < -0.39 is 0 Å². The average Bonchev–Trinajstić information content (AvgIpc) is 3.45. The summed E-state index contributed by atoms with van der Waals surface area (Å²) < 4.78 is 0. The van der Waals surface area contributed by atoms with Gasteiger partial charge in [0.1, 0.15) is 10.7 Å². The summed E-state index contributed by atoms with van der Waals surface area (Å²) in [6.07, 6.45) is 6.79. The summed E-state index contributed by atoms with van der Waals surface area (Å²) in [5.74, 6) is -0.160. The van der Waals surface area contributed by atoms with Gasteiger partial charge in [0.05, 0.1) is 9.90 Å². The average molecular weight is 516 g/mol. The number of aryl methyl sites for hydroxylation is 2. The van der Waals surface area contributed by atoms with Gasteiger partial charge in [0.2, 0.25) is 0 Å². The first-order chi connectivity index (χ1) is 16.5. The van der Waals surface area contributed by atoms with Crippen LogP contribution in [0.3, 0.4) is 0 Å². The van der Waals surface area contributed by atoms with E-state index in [1.165, 1.54) is 32.1 Å². The molecule has 0 bridgehead atoms. The molecule has 34 heavy (non-hydrogen) atoms. The molecule has 1 saturated heterocycles. The number of thiophene rings is 1. The van der Waals surface area contributed by atoms with Gasteiger partial charge < -0.3 is 4.90 Å². The SMILES string of the molecule is Cc1cc(C(=O)Nc2nc(-c3cc(Cl)cs3)c(N3CCN(C4CCCCC4)CC3)s2)cc(C)n1. The van der Waals surface area contributed by atoms with Gasteiger partial charge in [-0.25, -0.2) is 4.98 Å². The lowest BCUT2D eigenvalue weighted by atomic mass is 9.94. The van der Waals surface area contributed by atoms with Crippen LogP contribution in [0, 0.1) is 13.8 Å². The van der Waals surface area contributed by atoms with Gasteiger partial charge in [-0.15, -0.1) is 11.3 Å². The minimum absolute atomic E-state index is 0.160. The first-order valence-corrected chi connectivity index (χ1v) is 14.0. The molecule has 1 saturated carbocycles. The Balaban J connectivity index is 1.36. The highest BCUT2D eigenvalue weighted by atomic mass is 35.5. The third kappa shape index (κ3) is 5.30. The summed E-state index contributed by atoms with van der Waals surface area (Å²) in [4.78, 5) is 28.3. The zero-order chi connectivity index (χ0) is 23.7. The molecule has 1 aliphatic carbocycles. The number of piperazine rings is 1. The number of amides is 1. The lowest BCUT2D eigenvalue weighted by molar-refractivity contribution is 0.102. The zero-order valence-corrected chi connectivity index (χ0v) is 22.0. The Morgan fingerprint density at radius 3 is 2.38 bits per heavy atom. The first-order valence-electron chi connectivity index (χ1n) is 12.0. The Morgan fingerprint density at radius 2 is 1.74 bits per heavy atom. The van der Waals surface area contributed by atoms with Crippen LogP contribution < -0.4 is 10.2 Å². The highest BCUT2D eigenvalue weighted by Crippen LogP contribution is 2.42. The number of pyridine rings is 1. The van der Waals surface area contributed by atoms with E-state index in [-0.39, 0.29) is 5.91 Å². The molecule has 1 N–H and O–H groups in total. The van der Waals surface area contributed by atoms with Crippen LogP contribution >= 0.6 is 34.3 Å². The van der Waals surface area contributed by atoms with Gasteiger partial charge in [-0.1, -0.05) is 42.2 Å². The normalized spacial score (nSPS) is 17.8. The van der Waals surface area contributed by atoms with Crippen LogP contribution in [-0.2, 0) is 0 Å². The second-order valence-corrected chi connectivity index (χ2v) is 11.5. The Bertz CT molecular complexity index is 1140. The Labute approximate surface area is 214 Å². The van der Waals surface area contributed by atoms with E-state index in [1.807, 2.05) is 25.3 Å². The van der Waals surface area contributed by atoms with Gasteiger partial charge in [0, 0.05) is 54.6 Å². The monoisotopic (exact) mass is 515 g/mol. The first kappa shape index (κ1) is 23.7. The molecule has 9 heteroatoms. The lowest BCUT2D eigenvalue weighted by Gasteiger charge is -2.41. The molecule has 0 unspecified atom stereocenters. The maximum Gasteiger partial charge on any atom is 0.257 e. The summed E-state index contributed by atoms with van der Waals surface area (Å²) in [6.45, 7) is 7.89. The number of carbonyl (C=O) groups excluding carboxylic acids is 1. The number of anilines is 2. The van der Waals surface area contributed by atoms with E-state index in [9.17, 15) is 4.79 Å². The molecule has 180 valence electrons. The second-order valence-electron chi connectivity index (χ2n) is 9.21. The number of carbonyl (C=O) groups is 1. The summed E-state index contributed by atoms with van der Waals surface area (Å²) in [6, 6.07) is 6.32. The van der Waals surface area contributed by atoms with Gasteiger partial charge >= 0.3 is 0 Å². The fourth-order valence-corrected chi connectivity index (χ4v) is 7.21. The number of hydrogen-bond acceptors (Lipinski definition) is 7. The van der Waals surface area contributed by atoms with Crippen LogP contribution in [0.1, 0.15) is 53.8 Å². The van der Waals surface area contributed by atoms with Crippen molar-refractivity contribution in [1.29, 1.82) is 0 Å². The van der Waals surface area contributed by atoms with Crippen molar-refractivity contribution >= 4 is 50.3 Å². The van der Waals surface area contributed by atoms with Crippen molar-refractivity contribution in [3.63, 3.8) is 0 Å². The molecule has 2 fully saturated rings. The van der Waals surface area contributed by atoms with Gasteiger partial charge in [0.25, 0.3) is 5.91 Å².